The van der Waals surface area contributed by atoms with Crippen LogP contribution in [0.15, 0.2) is 12.4 Å². The molecule has 3 heterocycles. The van der Waals surface area contributed by atoms with Gasteiger partial charge >= 0.3 is 5.97 Å². The van der Waals surface area contributed by atoms with Gasteiger partial charge in [0.25, 0.3) is 0 Å². The van der Waals surface area contributed by atoms with Gasteiger partial charge in [0.1, 0.15) is 5.82 Å². The third kappa shape index (κ3) is 3.81. The molecule has 2 saturated heterocycles. The van der Waals surface area contributed by atoms with Crippen molar-refractivity contribution in [3.63, 3.8) is 0 Å². The highest BCUT2D eigenvalue weighted by Crippen LogP contribution is 2.45. The van der Waals surface area contributed by atoms with Gasteiger partial charge in [-0.3, -0.25) is 14.5 Å². The van der Waals surface area contributed by atoms with Crippen molar-refractivity contribution in [1.29, 1.82) is 0 Å². The number of hydrogen-bond donors (Lipinski definition) is 1. The van der Waals surface area contributed by atoms with Gasteiger partial charge in [-0.1, -0.05) is 12.8 Å². The molecule has 154 valence electrons. The Morgan fingerprint density at radius 1 is 1.25 bits per heavy atom. The van der Waals surface area contributed by atoms with E-state index in [4.69, 9.17) is 0 Å². The summed E-state index contributed by atoms with van der Waals surface area (Å²) in [4.78, 5) is 33.4. The van der Waals surface area contributed by atoms with Crippen molar-refractivity contribution in [2.24, 2.45) is 24.3 Å². The molecule has 1 spiro atoms. The van der Waals surface area contributed by atoms with Crippen LogP contribution >= 0.6 is 0 Å². The number of carboxylic acids is 1. The minimum Gasteiger partial charge on any atom is -0.481 e. The Bertz CT molecular complexity index is 717. The summed E-state index contributed by atoms with van der Waals surface area (Å²) < 4.78 is 2.03. The summed E-state index contributed by atoms with van der Waals surface area (Å²) in [5, 5.41) is 9.86. The zero-order valence-corrected chi connectivity index (χ0v) is 16.8. The smallest absolute Gasteiger partial charge is 0.308 e. The molecule has 7 heteroatoms. The van der Waals surface area contributed by atoms with Crippen LogP contribution in [0.3, 0.4) is 0 Å². The van der Waals surface area contributed by atoms with Crippen LogP contribution in [-0.2, 0) is 23.2 Å². The van der Waals surface area contributed by atoms with Gasteiger partial charge in [-0.25, -0.2) is 4.98 Å². The van der Waals surface area contributed by atoms with Crippen LogP contribution in [0.25, 0.3) is 0 Å². The number of amides is 1. The topological polar surface area (TPSA) is 78.7 Å². The summed E-state index contributed by atoms with van der Waals surface area (Å²) >= 11 is 0. The van der Waals surface area contributed by atoms with Crippen molar-refractivity contribution in [2.45, 2.75) is 51.5 Å². The summed E-state index contributed by atoms with van der Waals surface area (Å²) in [6.07, 6.45) is 10.8. The quantitative estimate of drug-likeness (QED) is 0.836. The van der Waals surface area contributed by atoms with Crippen molar-refractivity contribution < 1.29 is 14.7 Å². The maximum Gasteiger partial charge on any atom is 0.308 e. The molecule has 4 rings (SSSR count). The highest BCUT2D eigenvalue weighted by molar-refractivity contribution is 5.79. The van der Waals surface area contributed by atoms with E-state index in [1.54, 1.807) is 0 Å². The second kappa shape index (κ2) is 7.85. The fourth-order valence-corrected chi connectivity index (χ4v) is 5.50. The predicted molar refractivity (Wildman–Crippen MR) is 104 cm³/mol. The molecule has 0 bridgehead atoms. The average molecular weight is 389 g/mol. The van der Waals surface area contributed by atoms with E-state index >= 15 is 0 Å². The zero-order chi connectivity index (χ0) is 19.7. The maximum absolute atomic E-state index is 12.8. The summed E-state index contributed by atoms with van der Waals surface area (Å²) in [7, 11) is 2.00. The molecule has 7 nitrogen and oxygen atoms in total. The first-order chi connectivity index (χ1) is 13.5. The SMILES string of the molecule is Cn1ccnc1CN1CCC2(CC1)CN(C(=O)CC1CCCC1)CC2C(=O)O. The number of carbonyl (C=O) groups is 2. The third-order valence-corrected chi connectivity index (χ3v) is 7.37. The third-order valence-electron chi connectivity index (χ3n) is 7.37. The first-order valence-electron chi connectivity index (χ1n) is 10.7. The second-order valence-electron chi connectivity index (χ2n) is 9.11. The number of carboxylic acid groups (broad SMARTS) is 1. The van der Waals surface area contributed by atoms with Crippen LogP contribution in [0, 0.1) is 17.3 Å². The van der Waals surface area contributed by atoms with Gasteiger partial charge in [0.2, 0.25) is 5.91 Å². The number of rotatable bonds is 5. The number of imidazole rings is 1. The van der Waals surface area contributed by atoms with Gasteiger partial charge in [-0.15, -0.1) is 0 Å². The Morgan fingerprint density at radius 2 is 1.96 bits per heavy atom. The fourth-order valence-electron chi connectivity index (χ4n) is 5.50. The number of aliphatic carboxylic acids is 1. The first kappa shape index (κ1) is 19.4. The minimum absolute atomic E-state index is 0.172. The van der Waals surface area contributed by atoms with Crippen LogP contribution in [-0.4, -0.2) is 62.5 Å². The molecule has 2 aliphatic heterocycles. The van der Waals surface area contributed by atoms with E-state index in [0.29, 0.717) is 25.4 Å². The predicted octanol–water partition coefficient (Wildman–Crippen LogP) is 2.13. The molecule has 1 saturated carbocycles. The van der Waals surface area contributed by atoms with E-state index in [2.05, 4.69) is 9.88 Å². The molecule has 3 fully saturated rings. The molecule has 1 amide bonds. The standard InChI is InChI=1S/C21H32N4O3/c1-23-11-8-22-18(23)14-24-9-6-21(7-10-24)15-25(13-17(21)20(27)28)19(26)12-16-4-2-3-5-16/h8,11,16-17H,2-7,9-10,12-15H2,1H3,(H,27,28). The van der Waals surface area contributed by atoms with Crippen LogP contribution in [0.4, 0.5) is 0 Å². The van der Waals surface area contributed by atoms with Gasteiger partial charge in [0, 0.05) is 44.4 Å². The Balaban J connectivity index is 1.39. The average Bonchev–Trinajstić information content (AvgIpc) is 3.39. The second-order valence-corrected chi connectivity index (χ2v) is 9.11. The van der Waals surface area contributed by atoms with Crippen LogP contribution < -0.4 is 0 Å². The van der Waals surface area contributed by atoms with Crippen LogP contribution in [0.2, 0.25) is 0 Å². The number of piperidine rings is 1. The normalized spacial score (nSPS) is 25.6. The minimum atomic E-state index is -0.742. The number of nitrogens with zero attached hydrogens (tertiary/aromatic N) is 4. The van der Waals surface area contributed by atoms with Crippen LogP contribution in [0.1, 0.15) is 50.8 Å². The van der Waals surface area contributed by atoms with Crippen molar-refractivity contribution in [3.8, 4) is 0 Å². The van der Waals surface area contributed by atoms with E-state index in [1.165, 1.54) is 12.8 Å². The molecule has 0 radical (unpaired) electrons. The lowest BCUT2D eigenvalue weighted by molar-refractivity contribution is -0.145. The number of carbonyl (C=O) groups excluding carboxylic acids is 1. The number of aromatic nitrogens is 2. The molecular weight excluding hydrogens is 356 g/mol. The highest BCUT2D eigenvalue weighted by Gasteiger charge is 2.52. The summed E-state index contributed by atoms with van der Waals surface area (Å²) in [6, 6.07) is 0. The molecule has 1 aliphatic carbocycles. The lowest BCUT2D eigenvalue weighted by Crippen LogP contribution is -2.46. The number of likely N-dealkylation sites (tertiary alicyclic amines) is 2. The molecule has 28 heavy (non-hydrogen) atoms. The van der Waals surface area contributed by atoms with E-state index in [9.17, 15) is 14.7 Å². The van der Waals surface area contributed by atoms with E-state index in [1.807, 2.05) is 28.9 Å². The summed E-state index contributed by atoms with van der Waals surface area (Å²) in [5.74, 6) is 0.534. The Labute approximate surface area is 166 Å². The highest BCUT2D eigenvalue weighted by atomic mass is 16.4. The van der Waals surface area contributed by atoms with Gasteiger partial charge in [0.05, 0.1) is 12.5 Å². The molecule has 1 aromatic heterocycles. The monoisotopic (exact) mass is 388 g/mol. The van der Waals surface area contributed by atoms with Crippen molar-refractivity contribution in [2.75, 3.05) is 26.2 Å². The van der Waals surface area contributed by atoms with E-state index < -0.39 is 11.9 Å². The van der Waals surface area contributed by atoms with E-state index in [-0.39, 0.29) is 11.3 Å². The molecule has 1 aromatic rings. The Hall–Kier alpha value is -1.89. The first-order valence-corrected chi connectivity index (χ1v) is 10.7. The lowest BCUT2D eigenvalue weighted by Gasteiger charge is -2.41. The maximum atomic E-state index is 12.8. The zero-order valence-electron chi connectivity index (χ0n) is 16.8. The molecule has 1 atom stereocenters. The molecular formula is C21H32N4O3. The molecule has 0 aromatic carbocycles. The fraction of sp³-hybridized carbons (Fsp3) is 0.762. The Kier molecular flexibility index (Phi) is 5.45. The van der Waals surface area contributed by atoms with Crippen molar-refractivity contribution in [3.05, 3.63) is 18.2 Å². The number of hydrogen-bond acceptors (Lipinski definition) is 4. The summed E-state index contributed by atoms with van der Waals surface area (Å²) in [6.45, 7) is 3.52. The summed E-state index contributed by atoms with van der Waals surface area (Å²) in [5.41, 5.74) is -0.269. The largest absolute Gasteiger partial charge is 0.481 e. The van der Waals surface area contributed by atoms with Gasteiger partial charge in [-0.05, 0) is 44.7 Å². The van der Waals surface area contributed by atoms with E-state index in [0.717, 1.165) is 51.1 Å². The van der Waals surface area contributed by atoms with Gasteiger partial charge in [0.15, 0.2) is 0 Å². The van der Waals surface area contributed by atoms with Gasteiger partial charge in [-0.2, -0.15) is 0 Å². The number of aryl methyl sites for hydroxylation is 1. The molecule has 3 aliphatic rings. The molecule has 1 N–H and O–H groups in total. The Morgan fingerprint density at radius 3 is 2.57 bits per heavy atom. The van der Waals surface area contributed by atoms with Crippen molar-refractivity contribution in [1.82, 2.24) is 19.4 Å². The van der Waals surface area contributed by atoms with Gasteiger partial charge < -0.3 is 14.6 Å². The molecule has 1 unspecified atom stereocenters. The van der Waals surface area contributed by atoms with Crippen LogP contribution in [0.5, 0.6) is 0 Å². The van der Waals surface area contributed by atoms with Crippen molar-refractivity contribution >= 4 is 11.9 Å². The lowest BCUT2D eigenvalue weighted by atomic mass is 9.71.